The molecule has 2 nitrogen and oxygen atoms in total. The first-order valence-electron chi connectivity index (χ1n) is 4.84. The molecule has 0 bridgehead atoms. The lowest BCUT2D eigenvalue weighted by Gasteiger charge is -2.02. The van der Waals surface area contributed by atoms with E-state index in [0.29, 0.717) is 12.2 Å². The number of ether oxygens (including phenoxy) is 1. The third-order valence-electron chi connectivity index (χ3n) is 1.82. The van der Waals surface area contributed by atoms with Crippen molar-refractivity contribution < 1.29 is 9.53 Å². The molecule has 0 fully saturated rings. The Hall–Kier alpha value is -1.83. The van der Waals surface area contributed by atoms with Gasteiger partial charge in [0.05, 0.1) is 12.2 Å². The summed E-state index contributed by atoms with van der Waals surface area (Å²) in [6, 6.07) is 7.28. The minimum atomic E-state index is -0.286. The number of carbonyl (C=O) groups excluding carboxylic acids is 1. The molecule has 0 aliphatic carbocycles. The Morgan fingerprint density at radius 3 is 3.00 bits per heavy atom. The average Bonchev–Trinajstić information content (AvgIpc) is 2.27. The van der Waals surface area contributed by atoms with E-state index in [2.05, 4.69) is 6.58 Å². The van der Waals surface area contributed by atoms with Crippen molar-refractivity contribution in [3.63, 3.8) is 0 Å². The lowest BCUT2D eigenvalue weighted by molar-refractivity contribution is 0.0526. The van der Waals surface area contributed by atoms with Crippen LogP contribution in [-0.4, -0.2) is 12.6 Å². The molecule has 1 aromatic carbocycles. The van der Waals surface area contributed by atoms with Crippen molar-refractivity contribution >= 4 is 12.0 Å². The molecule has 0 N–H and O–H groups in total. The molecular weight excluding hydrogens is 188 g/mol. The maximum Gasteiger partial charge on any atom is 0.338 e. The van der Waals surface area contributed by atoms with Crippen LogP contribution in [-0.2, 0) is 4.74 Å². The van der Waals surface area contributed by atoms with Crippen LogP contribution >= 0.6 is 0 Å². The van der Waals surface area contributed by atoms with Gasteiger partial charge in [0.25, 0.3) is 0 Å². The van der Waals surface area contributed by atoms with Crippen molar-refractivity contribution in [2.24, 2.45) is 0 Å². The molecule has 0 aliphatic rings. The van der Waals surface area contributed by atoms with Crippen LogP contribution < -0.4 is 0 Å². The highest BCUT2D eigenvalue weighted by Gasteiger charge is 2.04. The van der Waals surface area contributed by atoms with Crippen LogP contribution in [0.5, 0.6) is 0 Å². The van der Waals surface area contributed by atoms with Gasteiger partial charge < -0.3 is 4.74 Å². The smallest absolute Gasteiger partial charge is 0.338 e. The molecule has 15 heavy (non-hydrogen) atoms. The van der Waals surface area contributed by atoms with E-state index >= 15 is 0 Å². The highest BCUT2D eigenvalue weighted by molar-refractivity contribution is 5.90. The number of rotatable bonds is 4. The maximum absolute atomic E-state index is 11.4. The van der Waals surface area contributed by atoms with Gasteiger partial charge in [-0.15, -0.1) is 0 Å². The molecule has 0 heterocycles. The number of hydrogen-bond donors (Lipinski definition) is 0. The number of benzene rings is 1. The Morgan fingerprint density at radius 1 is 1.53 bits per heavy atom. The molecule has 0 saturated carbocycles. The third-order valence-corrected chi connectivity index (χ3v) is 1.82. The zero-order valence-electron chi connectivity index (χ0n) is 8.77. The van der Waals surface area contributed by atoms with Gasteiger partial charge >= 0.3 is 5.97 Å². The molecule has 0 spiro atoms. The molecule has 1 aromatic rings. The van der Waals surface area contributed by atoms with Crippen molar-refractivity contribution in [2.45, 2.75) is 6.92 Å². The van der Waals surface area contributed by atoms with E-state index in [1.165, 1.54) is 0 Å². The van der Waals surface area contributed by atoms with Gasteiger partial charge in [-0.2, -0.15) is 0 Å². The van der Waals surface area contributed by atoms with Crippen molar-refractivity contribution in [3.8, 4) is 0 Å². The predicted molar refractivity (Wildman–Crippen MR) is 61.6 cm³/mol. The number of allylic oxidation sites excluding steroid dienone is 2. The summed E-state index contributed by atoms with van der Waals surface area (Å²) in [7, 11) is 0. The van der Waals surface area contributed by atoms with Gasteiger partial charge in [0.1, 0.15) is 0 Å². The topological polar surface area (TPSA) is 26.3 Å². The molecule has 0 atom stereocenters. The molecule has 0 aliphatic heterocycles. The van der Waals surface area contributed by atoms with Gasteiger partial charge in [0, 0.05) is 0 Å². The van der Waals surface area contributed by atoms with Crippen LogP contribution in [0.1, 0.15) is 22.8 Å². The van der Waals surface area contributed by atoms with Gasteiger partial charge in [0.2, 0.25) is 0 Å². The lowest BCUT2D eigenvalue weighted by Crippen LogP contribution is -2.04. The summed E-state index contributed by atoms with van der Waals surface area (Å²) in [5, 5.41) is 0. The fourth-order valence-corrected chi connectivity index (χ4v) is 1.16. The van der Waals surface area contributed by atoms with Gasteiger partial charge in [-0.1, -0.05) is 36.9 Å². The van der Waals surface area contributed by atoms with Crippen LogP contribution in [0.3, 0.4) is 0 Å². The van der Waals surface area contributed by atoms with Crippen molar-refractivity contribution in [1.29, 1.82) is 0 Å². The highest BCUT2D eigenvalue weighted by Crippen LogP contribution is 2.08. The van der Waals surface area contributed by atoms with Gasteiger partial charge in [-0.25, -0.2) is 4.79 Å². The normalized spacial score (nSPS) is 10.2. The number of carbonyl (C=O) groups is 1. The van der Waals surface area contributed by atoms with Crippen LogP contribution in [0.15, 0.2) is 43.0 Å². The lowest BCUT2D eigenvalue weighted by atomic mass is 10.1. The summed E-state index contributed by atoms with van der Waals surface area (Å²) in [5.41, 5.74) is 1.53. The van der Waals surface area contributed by atoms with E-state index in [-0.39, 0.29) is 5.97 Å². The predicted octanol–water partition coefficient (Wildman–Crippen LogP) is 3.06. The Bertz CT molecular complexity index is 378. The Morgan fingerprint density at radius 2 is 2.33 bits per heavy atom. The van der Waals surface area contributed by atoms with Gasteiger partial charge in [-0.05, 0) is 24.6 Å². The zero-order chi connectivity index (χ0) is 11.1. The summed E-state index contributed by atoms with van der Waals surface area (Å²) in [6.07, 6.45) is 5.40. The molecular formula is C13H14O2. The Balaban J connectivity index is 2.86. The van der Waals surface area contributed by atoms with Gasteiger partial charge in [0.15, 0.2) is 0 Å². The summed E-state index contributed by atoms with van der Waals surface area (Å²) in [4.78, 5) is 11.4. The molecule has 0 radical (unpaired) electrons. The SMILES string of the molecule is C=CC=Cc1cccc(C(=O)OCC)c1. The van der Waals surface area contributed by atoms with E-state index in [9.17, 15) is 4.79 Å². The summed E-state index contributed by atoms with van der Waals surface area (Å²) in [5.74, 6) is -0.286. The van der Waals surface area contributed by atoms with E-state index < -0.39 is 0 Å². The van der Waals surface area contributed by atoms with Crippen LogP contribution in [0.25, 0.3) is 6.08 Å². The van der Waals surface area contributed by atoms with E-state index in [1.807, 2.05) is 24.3 Å². The second kappa shape index (κ2) is 5.81. The molecule has 2 heteroatoms. The molecule has 0 aromatic heterocycles. The second-order valence-electron chi connectivity index (χ2n) is 2.94. The summed E-state index contributed by atoms with van der Waals surface area (Å²) < 4.78 is 4.90. The van der Waals surface area contributed by atoms with Crippen molar-refractivity contribution in [1.82, 2.24) is 0 Å². The molecule has 1 rings (SSSR count). The maximum atomic E-state index is 11.4. The number of esters is 1. The number of hydrogen-bond acceptors (Lipinski definition) is 2. The van der Waals surface area contributed by atoms with Crippen LogP contribution in [0.4, 0.5) is 0 Å². The zero-order valence-corrected chi connectivity index (χ0v) is 8.77. The first kappa shape index (κ1) is 11.2. The first-order valence-corrected chi connectivity index (χ1v) is 4.84. The van der Waals surface area contributed by atoms with Crippen LogP contribution in [0.2, 0.25) is 0 Å². The molecule has 78 valence electrons. The minimum Gasteiger partial charge on any atom is -0.462 e. The fraction of sp³-hybridized carbons (Fsp3) is 0.154. The molecule has 0 saturated heterocycles. The van der Waals surface area contributed by atoms with E-state index in [0.717, 1.165) is 5.56 Å². The minimum absolute atomic E-state index is 0.286. The first-order chi connectivity index (χ1) is 7.27. The van der Waals surface area contributed by atoms with E-state index in [4.69, 9.17) is 4.74 Å². The highest BCUT2D eigenvalue weighted by atomic mass is 16.5. The Kier molecular flexibility index (Phi) is 4.35. The third kappa shape index (κ3) is 3.43. The van der Waals surface area contributed by atoms with E-state index in [1.54, 1.807) is 25.1 Å². The molecule has 0 amide bonds. The Labute approximate surface area is 89.9 Å². The summed E-state index contributed by atoms with van der Waals surface area (Å²) in [6.45, 7) is 5.77. The molecule has 0 unspecified atom stereocenters. The summed E-state index contributed by atoms with van der Waals surface area (Å²) >= 11 is 0. The van der Waals surface area contributed by atoms with Crippen molar-refractivity contribution in [2.75, 3.05) is 6.61 Å². The average molecular weight is 202 g/mol. The largest absolute Gasteiger partial charge is 0.462 e. The monoisotopic (exact) mass is 202 g/mol. The van der Waals surface area contributed by atoms with Gasteiger partial charge in [-0.3, -0.25) is 0 Å². The second-order valence-corrected chi connectivity index (χ2v) is 2.94. The fourth-order valence-electron chi connectivity index (χ4n) is 1.16. The van der Waals surface area contributed by atoms with Crippen LogP contribution in [0, 0.1) is 0 Å². The standard InChI is InChI=1S/C13H14O2/c1-3-5-7-11-8-6-9-12(10-11)13(14)15-4-2/h3,5-10H,1,4H2,2H3. The van der Waals surface area contributed by atoms with Crippen molar-refractivity contribution in [3.05, 3.63) is 54.1 Å². The quantitative estimate of drug-likeness (QED) is 0.554.